The van der Waals surface area contributed by atoms with Crippen LogP contribution in [0.4, 0.5) is 0 Å². The van der Waals surface area contributed by atoms with Crippen molar-refractivity contribution in [3.8, 4) is 16.9 Å². The van der Waals surface area contributed by atoms with E-state index in [-0.39, 0.29) is 0 Å². The van der Waals surface area contributed by atoms with Gasteiger partial charge in [0.05, 0.1) is 18.1 Å². The van der Waals surface area contributed by atoms with E-state index < -0.39 is 0 Å². The molecule has 4 heteroatoms. The molecule has 82 valence electrons. The molecule has 0 radical (unpaired) electrons. The summed E-state index contributed by atoms with van der Waals surface area (Å²) in [6.07, 6.45) is 5.38. The Balaban J connectivity index is 1.99. The maximum atomic E-state index is 4.15. The van der Waals surface area contributed by atoms with Crippen LogP contribution in [-0.2, 0) is 0 Å². The molecule has 0 N–H and O–H groups in total. The molecule has 3 aromatic rings. The van der Waals surface area contributed by atoms with Crippen LogP contribution in [0, 0.1) is 0 Å². The van der Waals surface area contributed by atoms with E-state index in [4.69, 9.17) is 0 Å². The highest BCUT2D eigenvalue weighted by Crippen LogP contribution is 2.16. The Morgan fingerprint density at radius 2 is 1.82 bits per heavy atom. The lowest BCUT2D eigenvalue weighted by Gasteiger charge is -1.96. The number of nitrogens with zero attached hydrogens (tertiary/aromatic N) is 4. The Bertz CT molecular complexity index is 548. The van der Waals surface area contributed by atoms with Crippen molar-refractivity contribution in [2.75, 3.05) is 0 Å². The summed E-state index contributed by atoms with van der Waals surface area (Å²) in [5, 5.41) is 8.24. The Morgan fingerprint density at radius 1 is 0.941 bits per heavy atom. The van der Waals surface area contributed by atoms with Crippen LogP contribution in [0.15, 0.2) is 61.1 Å². The average Bonchev–Trinajstić information content (AvgIpc) is 2.90. The summed E-state index contributed by atoms with van der Waals surface area (Å²) < 4.78 is 1.72. The molecule has 1 aromatic carbocycles. The van der Waals surface area contributed by atoms with Crippen molar-refractivity contribution in [1.82, 2.24) is 20.0 Å². The molecule has 0 bridgehead atoms. The van der Waals surface area contributed by atoms with Crippen molar-refractivity contribution in [2.24, 2.45) is 0 Å². The number of pyridine rings is 1. The van der Waals surface area contributed by atoms with E-state index >= 15 is 0 Å². The number of benzene rings is 1. The Hall–Kier alpha value is -2.49. The zero-order valence-corrected chi connectivity index (χ0v) is 9.06. The molecule has 0 amide bonds. The van der Waals surface area contributed by atoms with Crippen LogP contribution in [0.2, 0.25) is 0 Å². The smallest absolute Gasteiger partial charge is 0.113 e. The first-order valence-electron chi connectivity index (χ1n) is 5.32. The van der Waals surface area contributed by atoms with Gasteiger partial charge in [0, 0.05) is 11.8 Å². The summed E-state index contributed by atoms with van der Waals surface area (Å²) >= 11 is 0. The van der Waals surface area contributed by atoms with E-state index in [0.717, 1.165) is 16.9 Å². The van der Waals surface area contributed by atoms with Gasteiger partial charge >= 0.3 is 0 Å². The van der Waals surface area contributed by atoms with E-state index in [1.165, 1.54) is 0 Å². The molecule has 0 fully saturated rings. The van der Waals surface area contributed by atoms with Crippen LogP contribution >= 0.6 is 0 Å². The van der Waals surface area contributed by atoms with E-state index in [0.29, 0.717) is 0 Å². The highest BCUT2D eigenvalue weighted by atomic mass is 15.4. The van der Waals surface area contributed by atoms with Crippen molar-refractivity contribution in [1.29, 1.82) is 0 Å². The molecule has 0 aliphatic rings. The molecule has 2 heterocycles. The lowest BCUT2D eigenvalue weighted by atomic mass is 10.2. The van der Waals surface area contributed by atoms with Crippen molar-refractivity contribution in [3.63, 3.8) is 0 Å². The fourth-order valence-corrected chi connectivity index (χ4v) is 1.62. The molecule has 3 rings (SSSR count). The zero-order chi connectivity index (χ0) is 11.5. The second-order valence-corrected chi connectivity index (χ2v) is 3.63. The number of rotatable bonds is 2. The van der Waals surface area contributed by atoms with E-state index in [1.54, 1.807) is 17.1 Å². The third-order valence-corrected chi connectivity index (χ3v) is 2.47. The first-order valence-corrected chi connectivity index (χ1v) is 5.32. The predicted octanol–water partition coefficient (Wildman–Crippen LogP) is 2.33. The maximum Gasteiger partial charge on any atom is 0.113 e. The van der Waals surface area contributed by atoms with Crippen molar-refractivity contribution in [3.05, 3.63) is 61.1 Å². The van der Waals surface area contributed by atoms with Gasteiger partial charge < -0.3 is 0 Å². The van der Waals surface area contributed by atoms with Crippen molar-refractivity contribution in [2.45, 2.75) is 0 Å². The average molecular weight is 222 g/mol. The highest BCUT2D eigenvalue weighted by molar-refractivity contribution is 5.57. The van der Waals surface area contributed by atoms with Gasteiger partial charge in [-0.2, -0.15) is 0 Å². The normalized spacial score (nSPS) is 10.4. The zero-order valence-electron chi connectivity index (χ0n) is 9.06. The quantitative estimate of drug-likeness (QED) is 0.668. The number of hydrogen-bond donors (Lipinski definition) is 0. The molecule has 0 aliphatic carbocycles. The maximum absolute atomic E-state index is 4.15. The van der Waals surface area contributed by atoms with Gasteiger partial charge in [0.2, 0.25) is 0 Å². The lowest BCUT2D eigenvalue weighted by Crippen LogP contribution is -1.94. The molecule has 4 nitrogen and oxygen atoms in total. The van der Waals surface area contributed by atoms with E-state index in [1.807, 2.05) is 48.7 Å². The second-order valence-electron chi connectivity index (χ2n) is 3.63. The molecular formula is C13H10N4. The van der Waals surface area contributed by atoms with Gasteiger partial charge in [-0.05, 0) is 12.1 Å². The lowest BCUT2D eigenvalue weighted by molar-refractivity contribution is 0.800. The van der Waals surface area contributed by atoms with Crippen molar-refractivity contribution >= 4 is 0 Å². The molecular weight excluding hydrogens is 212 g/mol. The van der Waals surface area contributed by atoms with Gasteiger partial charge in [0.15, 0.2) is 0 Å². The largest absolute Gasteiger partial charge is 0.262 e. The van der Waals surface area contributed by atoms with Crippen LogP contribution in [0.25, 0.3) is 16.9 Å². The summed E-state index contributed by atoms with van der Waals surface area (Å²) in [4.78, 5) is 4.05. The van der Waals surface area contributed by atoms with Gasteiger partial charge in [0.1, 0.15) is 5.69 Å². The molecule has 0 saturated heterocycles. The van der Waals surface area contributed by atoms with Gasteiger partial charge in [0.25, 0.3) is 0 Å². The van der Waals surface area contributed by atoms with Gasteiger partial charge in [-0.15, -0.1) is 5.10 Å². The standard InChI is InChI=1S/C13H10N4/c1-2-5-11(6-3-1)13-10-17(16-15-13)12-7-4-8-14-9-12/h1-10H. The van der Waals surface area contributed by atoms with Crippen LogP contribution in [0.1, 0.15) is 0 Å². The molecule has 0 spiro atoms. The minimum atomic E-state index is 0.856. The number of aromatic nitrogens is 4. The van der Waals surface area contributed by atoms with E-state index in [9.17, 15) is 0 Å². The Kier molecular flexibility index (Phi) is 2.38. The van der Waals surface area contributed by atoms with E-state index in [2.05, 4.69) is 15.3 Å². The summed E-state index contributed by atoms with van der Waals surface area (Å²) in [7, 11) is 0. The summed E-state index contributed by atoms with van der Waals surface area (Å²) in [6, 6.07) is 13.8. The SMILES string of the molecule is c1ccc(-c2cn(-c3cccnc3)nn2)cc1. The molecule has 0 aliphatic heterocycles. The molecule has 0 unspecified atom stereocenters. The summed E-state index contributed by atoms with van der Waals surface area (Å²) in [5.41, 5.74) is 2.82. The molecule has 0 saturated carbocycles. The van der Waals surface area contributed by atoms with Gasteiger partial charge in [-0.25, -0.2) is 4.68 Å². The first-order chi connectivity index (χ1) is 8.43. The van der Waals surface area contributed by atoms with Crippen LogP contribution < -0.4 is 0 Å². The molecule has 17 heavy (non-hydrogen) atoms. The Morgan fingerprint density at radius 3 is 2.59 bits per heavy atom. The highest BCUT2D eigenvalue weighted by Gasteiger charge is 2.04. The third-order valence-electron chi connectivity index (χ3n) is 2.47. The first kappa shape index (κ1) is 9.72. The van der Waals surface area contributed by atoms with Gasteiger partial charge in [-0.3, -0.25) is 4.98 Å². The Labute approximate surface area is 98.6 Å². The van der Waals surface area contributed by atoms with Crippen molar-refractivity contribution < 1.29 is 0 Å². The minimum Gasteiger partial charge on any atom is -0.262 e. The fraction of sp³-hybridized carbons (Fsp3) is 0. The number of hydrogen-bond acceptors (Lipinski definition) is 3. The summed E-state index contributed by atoms with van der Waals surface area (Å²) in [5.74, 6) is 0. The fourth-order valence-electron chi connectivity index (χ4n) is 1.62. The van der Waals surface area contributed by atoms with Crippen LogP contribution in [0.5, 0.6) is 0 Å². The second kappa shape index (κ2) is 4.17. The third kappa shape index (κ3) is 1.92. The predicted molar refractivity (Wildman–Crippen MR) is 64.6 cm³/mol. The molecule has 0 atom stereocenters. The topological polar surface area (TPSA) is 43.6 Å². The minimum absolute atomic E-state index is 0.856. The van der Waals surface area contributed by atoms with Crippen LogP contribution in [0.3, 0.4) is 0 Å². The molecule has 2 aromatic heterocycles. The summed E-state index contributed by atoms with van der Waals surface area (Å²) in [6.45, 7) is 0. The van der Waals surface area contributed by atoms with Gasteiger partial charge in [-0.1, -0.05) is 35.5 Å². The monoisotopic (exact) mass is 222 g/mol. The van der Waals surface area contributed by atoms with Crippen LogP contribution in [-0.4, -0.2) is 20.0 Å².